The SMILES string of the molecule is CCCCCCCCC(=O)C1(OCC)CCC(C)CC1. The highest BCUT2D eigenvalue weighted by atomic mass is 16.5. The van der Waals surface area contributed by atoms with Gasteiger partial charge in [0.05, 0.1) is 0 Å². The molecule has 1 aliphatic rings. The van der Waals surface area contributed by atoms with Crippen LogP contribution in [0.15, 0.2) is 0 Å². The van der Waals surface area contributed by atoms with Crippen molar-refractivity contribution in [2.75, 3.05) is 6.61 Å². The zero-order valence-electron chi connectivity index (χ0n) is 13.9. The summed E-state index contributed by atoms with van der Waals surface area (Å²) >= 11 is 0. The number of hydrogen-bond donors (Lipinski definition) is 0. The van der Waals surface area contributed by atoms with Gasteiger partial charge >= 0.3 is 0 Å². The molecule has 1 fully saturated rings. The van der Waals surface area contributed by atoms with Crippen molar-refractivity contribution in [3.8, 4) is 0 Å². The summed E-state index contributed by atoms with van der Waals surface area (Å²) in [4.78, 5) is 12.6. The van der Waals surface area contributed by atoms with Crippen molar-refractivity contribution in [3.05, 3.63) is 0 Å². The van der Waals surface area contributed by atoms with E-state index in [1.54, 1.807) is 0 Å². The normalized spacial score (nSPS) is 26.6. The predicted molar refractivity (Wildman–Crippen MR) is 85.0 cm³/mol. The van der Waals surface area contributed by atoms with Crippen LogP contribution in [-0.2, 0) is 9.53 Å². The van der Waals surface area contributed by atoms with Crippen LogP contribution in [0.5, 0.6) is 0 Å². The molecular weight excluding hydrogens is 248 g/mol. The Labute approximate surface area is 125 Å². The maximum atomic E-state index is 12.6. The molecule has 0 unspecified atom stereocenters. The van der Waals surface area contributed by atoms with E-state index < -0.39 is 5.60 Å². The molecule has 0 atom stereocenters. The van der Waals surface area contributed by atoms with Gasteiger partial charge < -0.3 is 4.74 Å². The highest BCUT2D eigenvalue weighted by molar-refractivity contribution is 5.87. The number of carbonyl (C=O) groups is 1. The largest absolute Gasteiger partial charge is 0.368 e. The van der Waals surface area contributed by atoms with Crippen molar-refractivity contribution >= 4 is 5.78 Å². The minimum absolute atomic E-state index is 0.377. The average molecular weight is 282 g/mol. The van der Waals surface area contributed by atoms with Crippen LogP contribution in [0.25, 0.3) is 0 Å². The van der Waals surface area contributed by atoms with Gasteiger partial charge in [-0.3, -0.25) is 4.79 Å². The minimum Gasteiger partial charge on any atom is -0.368 e. The van der Waals surface area contributed by atoms with E-state index in [2.05, 4.69) is 13.8 Å². The van der Waals surface area contributed by atoms with E-state index in [1.807, 2.05) is 6.92 Å². The minimum atomic E-state index is -0.426. The van der Waals surface area contributed by atoms with Crippen molar-refractivity contribution in [3.63, 3.8) is 0 Å². The first-order valence-electron chi connectivity index (χ1n) is 8.82. The highest BCUT2D eigenvalue weighted by Crippen LogP contribution is 2.36. The van der Waals surface area contributed by atoms with Gasteiger partial charge in [-0.1, -0.05) is 46.0 Å². The van der Waals surface area contributed by atoms with Crippen LogP contribution in [0, 0.1) is 5.92 Å². The van der Waals surface area contributed by atoms with Crippen molar-refractivity contribution < 1.29 is 9.53 Å². The molecule has 2 heteroatoms. The average Bonchev–Trinajstić information content (AvgIpc) is 2.45. The van der Waals surface area contributed by atoms with Gasteiger partial charge in [0.2, 0.25) is 0 Å². The fourth-order valence-electron chi connectivity index (χ4n) is 3.30. The van der Waals surface area contributed by atoms with Crippen molar-refractivity contribution in [2.24, 2.45) is 5.92 Å². The van der Waals surface area contributed by atoms with Crippen LogP contribution in [-0.4, -0.2) is 18.0 Å². The first kappa shape index (κ1) is 17.7. The second-order valence-corrected chi connectivity index (χ2v) is 6.55. The molecule has 0 bridgehead atoms. The molecule has 0 aromatic heterocycles. The number of carbonyl (C=O) groups excluding carboxylic acids is 1. The molecular formula is C18H34O2. The summed E-state index contributed by atoms with van der Waals surface area (Å²) in [6.07, 6.45) is 12.3. The molecule has 0 amide bonds. The van der Waals surface area contributed by atoms with E-state index in [0.29, 0.717) is 12.4 Å². The fourth-order valence-corrected chi connectivity index (χ4v) is 3.30. The molecule has 1 saturated carbocycles. The number of ether oxygens (including phenoxy) is 1. The molecule has 0 aromatic carbocycles. The first-order chi connectivity index (χ1) is 9.64. The zero-order chi connectivity index (χ0) is 14.8. The third kappa shape index (κ3) is 5.55. The first-order valence-corrected chi connectivity index (χ1v) is 8.82. The van der Waals surface area contributed by atoms with E-state index in [9.17, 15) is 4.79 Å². The van der Waals surface area contributed by atoms with E-state index in [1.165, 1.54) is 32.1 Å². The number of ketones is 1. The van der Waals surface area contributed by atoms with Gasteiger partial charge in [0, 0.05) is 13.0 Å². The lowest BCUT2D eigenvalue weighted by molar-refractivity contribution is -0.150. The third-order valence-electron chi connectivity index (χ3n) is 4.77. The zero-order valence-corrected chi connectivity index (χ0v) is 13.9. The summed E-state index contributed by atoms with van der Waals surface area (Å²) < 4.78 is 5.93. The Kier molecular flexibility index (Phi) is 8.44. The molecule has 0 radical (unpaired) electrons. The van der Waals surface area contributed by atoms with Crippen LogP contribution in [0.4, 0.5) is 0 Å². The lowest BCUT2D eigenvalue weighted by Crippen LogP contribution is -2.44. The number of Topliss-reactive ketones (excluding diaryl/α,β-unsaturated/α-hetero) is 1. The standard InChI is InChI=1S/C18H34O2/c1-4-6-7-8-9-10-11-17(19)18(20-5-2)14-12-16(3)13-15-18/h16H,4-15H2,1-3H3. The lowest BCUT2D eigenvalue weighted by atomic mass is 9.76. The van der Waals surface area contributed by atoms with E-state index in [0.717, 1.165) is 44.4 Å². The number of hydrogen-bond acceptors (Lipinski definition) is 2. The van der Waals surface area contributed by atoms with Gasteiger partial charge in [0.1, 0.15) is 5.60 Å². The second-order valence-electron chi connectivity index (χ2n) is 6.55. The van der Waals surface area contributed by atoms with Crippen LogP contribution in [0.1, 0.15) is 91.4 Å². The number of unbranched alkanes of at least 4 members (excludes halogenated alkanes) is 5. The molecule has 2 nitrogen and oxygen atoms in total. The van der Waals surface area contributed by atoms with Gasteiger partial charge in [-0.15, -0.1) is 0 Å². The Bertz CT molecular complexity index is 265. The summed E-state index contributed by atoms with van der Waals surface area (Å²) in [7, 11) is 0. The third-order valence-corrected chi connectivity index (χ3v) is 4.77. The fraction of sp³-hybridized carbons (Fsp3) is 0.944. The Morgan fingerprint density at radius 3 is 2.25 bits per heavy atom. The molecule has 1 aliphatic carbocycles. The van der Waals surface area contributed by atoms with E-state index in [4.69, 9.17) is 4.74 Å². The molecule has 0 aliphatic heterocycles. The molecule has 0 aromatic rings. The highest BCUT2D eigenvalue weighted by Gasteiger charge is 2.40. The summed E-state index contributed by atoms with van der Waals surface area (Å²) in [5.41, 5.74) is -0.426. The quantitative estimate of drug-likeness (QED) is 0.509. The topological polar surface area (TPSA) is 26.3 Å². The molecule has 0 N–H and O–H groups in total. The Morgan fingerprint density at radius 2 is 1.65 bits per heavy atom. The smallest absolute Gasteiger partial charge is 0.164 e. The maximum Gasteiger partial charge on any atom is 0.164 e. The monoisotopic (exact) mass is 282 g/mol. The van der Waals surface area contributed by atoms with Crippen molar-refractivity contribution in [1.29, 1.82) is 0 Å². The molecule has 20 heavy (non-hydrogen) atoms. The van der Waals surface area contributed by atoms with Gasteiger partial charge in [-0.25, -0.2) is 0 Å². The van der Waals surface area contributed by atoms with Gasteiger partial charge in [-0.05, 0) is 44.9 Å². The van der Waals surface area contributed by atoms with Crippen LogP contribution in [0.2, 0.25) is 0 Å². The van der Waals surface area contributed by atoms with Gasteiger partial charge in [-0.2, -0.15) is 0 Å². The second kappa shape index (κ2) is 9.55. The molecule has 0 spiro atoms. The Hall–Kier alpha value is -0.370. The number of rotatable bonds is 10. The van der Waals surface area contributed by atoms with Crippen molar-refractivity contribution in [2.45, 2.75) is 97.0 Å². The summed E-state index contributed by atoms with van der Waals surface area (Å²) in [6.45, 7) is 7.20. The molecule has 118 valence electrons. The van der Waals surface area contributed by atoms with Crippen LogP contribution >= 0.6 is 0 Å². The van der Waals surface area contributed by atoms with E-state index in [-0.39, 0.29) is 0 Å². The Balaban J connectivity index is 2.33. The Morgan fingerprint density at radius 1 is 1.05 bits per heavy atom. The van der Waals surface area contributed by atoms with Gasteiger partial charge in [0.25, 0.3) is 0 Å². The summed E-state index contributed by atoms with van der Waals surface area (Å²) in [5, 5.41) is 0. The van der Waals surface area contributed by atoms with Crippen LogP contribution in [0.3, 0.4) is 0 Å². The van der Waals surface area contributed by atoms with Gasteiger partial charge in [0.15, 0.2) is 5.78 Å². The predicted octanol–water partition coefficient (Wildman–Crippen LogP) is 5.29. The maximum absolute atomic E-state index is 12.6. The summed E-state index contributed by atoms with van der Waals surface area (Å²) in [6, 6.07) is 0. The van der Waals surface area contributed by atoms with Crippen molar-refractivity contribution in [1.82, 2.24) is 0 Å². The van der Waals surface area contributed by atoms with E-state index >= 15 is 0 Å². The lowest BCUT2D eigenvalue weighted by Gasteiger charge is -2.38. The molecule has 1 rings (SSSR count). The molecule has 0 heterocycles. The molecule has 0 saturated heterocycles. The van der Waals surface area contributed by atoms with Crippen LogP contribution < -0.4 is 0 Å². The summed E-state index contributed by atoms with van der Waals surface area (Å²) in [5.74, 6) is 1.13.